The molecule has 4 heteroatoms. The zero-order valence-corrected chi connectivity index (χ0v) is 8.26. The van der Waals surface area contributed by atoms with Crippen LogP contribution in [-0.2, 0) is 4.74 Å². The fourth-order valence-electron chi connectivity index (χ4n) is 0.487. The van der Waals surface area contributed by atoms with E-state index in [4.69, 9.17) is 10.5 Å². The first-order valence-corrected chi connectivity index (χ1v) is 4.03. The van der Waals surface area contributed by atoms with E-state index in [0.717, 1.165) is 0 Å². The van der Waals surface area contributed by atoms with E-state index in [1.54, 1.807) is 7.05 Å². The van der Waals surface area contributed by atoms with Crippen LogP contribution in [0.3, 0.4) is 0 Å². The number of carbonyl (C=O) groups excluding carboxylic acids is 1. The van der Waals surface area contributed by atoms with Gasteiger partial charge in [0.2, 0.25) is 0 Å². The Morgan fingerprint density at radius 1 is 1.58 bits per heavy atom. The Labute approximate surface area is 73.7 Å². The maximum atomic E-state index is 11.1. The smallest absolute Gasteiger partial charge is 0.409 e. The van der Waals surface area contributed by atoms with Crippen molar-refractivity contribution >= 4 is 6.09 Å². The van der Waals surface area contributed by atoms with E-state index >= 15 is 0 Å². The van der Waals surface area contributed by atoms with Crippen LogP contribution in [0.1, 0.15) is 20.8 Å². The van der Waals surface area contributed by atoms with E-state index in [0.29, 0.717) is 6.54 Å². The first-order valence-electron chi connectivity index (χ1n) is 4.03. The van der Waals surface area contributed by atoms with Gasteiger partial charge in [0, 0.05) is 19.1 Å². The molecule has 4 nitrogen and oxygen atoms in total. The third kappa shape index (κ3) is 4.96. The molecule has 0 aliphatic rings. The van der Waals surface area contributed by atoms with Crippen LogP contribution in [0.2, 0.25) is 0 Å². The summed E-state index contributed by atoms with van der Waals surface area (Å²) in [5, 5.41) is 0. The summed E-state index contributed by atoms with van der Waals surface area (Å²) < 4.78 is 4.92. The van der Waals surface area contributed by atoms with E-state index < -0.39 is 5.54 Å². The molecule has 0 saturated carbocycles. The molecule has 0 bridgehead atoms. The summed E-state index contributed by atoms with van der Waals surface area (Å²) in [5.74, 6) is 0. The third-order valence-electron chi connectivity index (χ3n) is 1.35. The minimum Gasteiger partial charge on any atom is -0.447 e. The van der Waals surface area contributed by atoms with Crippen LogP contribution in [0.5, 0.6) is 0 Å². The minimum absolute atomic E-state index is 0.246. The first-order chi connectivity index (χ1) is 5.37. The van der Waals surface area contributed by atoms with Gasteiger partial charge in [-0.3, -0.25) is 0 Å². The highest BCUT2D eigenvalue weighted by molar-refractivity contribution is 5.67. The molecule has 0 aromatic heterocycles. The Morgan fingerprint density at radius 3 is 2.42 bits per heavy atom. The van der Waals surface area contributed by atoms with Gasteiger partial charge in [-0.2, -0.15) is 0 Å². The summed E-state index contributed by atoms with van der Waals surface area (Å²) in [6, 6.07) is 0. The van der Waals surface area contributed by atoms with Crippen molar-refractivity contribution in [3.8, 4) is 0 Å². The summed E-state index contributed by atoms with van der Waals surface area (Å²) >= 11 is 0. The second kappa shape index (κ2) is 4.30. The molecular formula is C8H18N2O2. The van der Waals surface area contributed by atoms with Gasteiger partial charge in [-0.25, -0.2) is 4.79 Å². The van der Waals surface area contributed by atoms with Gasteiger partial charge in [-0.05, 0) is 20.8 Å². The number of nitrogens with zero attached hydrogens (tertiary/aromatic N) is 1. The number of amides is 1. The molecule has 0 atom stereocenters. The van der Waals surface area contributed by atoms with Crippen molar-refractivity contribution in [2.45, 2.75) is 26.3 Å². The van der Waals surface area contributed by atoms with Gasteiger partial charge in [0.05, 0.1) is 0 Å². The van der Waals surface area contributed by atoms with Gasteiger partial charge in [0.15, 0.2) is 0 Å². The van der Waals surface area contributed by atoms with Crippen LogP contribution in [-0.4, -0.2) is 36.7 Å². The Morgan fingerprint density at radius 2 is 2.08 bits per heavy atom. The molecule has 0 radical (unpaired) electrons. The molecule has 0 fully saturated rings. The van der Waals surface area contributed by atoms with E-state index in [-0.39, 0.29) is 12.7 Å². The molecule has 0 spiro atoms. The fraction of sp³-hybridized carbons (Fsp3) is 0.875. The first kappa shape index (κ1) is 11.2. The fourth-order valence-corrected chi connectivity index (χ4v) is 0.487. The summed E-state index contributed by atoms with van der Waals surface area (Å²) in [6.45, 7) is 6.40. The molecule has 0 unspecified atom stereocenters. The zero-order chi connectivity index (χ0) is 9.78. The topological polar surface area (TPSA) is 55.6 Å². The Kier molecular flexibility index (Phi) is 4.03. The Hall–Kier alpha value is -0.770. The molecule has 0 heterocycles. The quantitative estimate of drug-likeness (QED) is 0.689. The van der Waals surface area contributed by atoms with Gasteiger partial charge < -0.3 is 15.4 Å². The molecule has 72 valence electrons. The Balaban J connectivity index is 3.72. The average molecular weight is 174 g/mol. The van der Waals surface area contributed by atoms with Gasteiger partial charge >= 0.3 is 6.09 Å². The van der Waals surface area contributed by atoms with Crippen LogP contribution in [0.4, 0.5) is 4.79 Å². The normalized spacial score (nSPS) is 11.1. The molecule has 0 aromatic carbocycles. The number of hydrogen-bond donors (Lipinski definition) is 1. The molecule has 0 aliphatic heterocycles. The van der Waals surface area contributed by atoms with E-state index in [2.05, 4.69) is 0 Å². The number of carbonyl (C=O) groups is 1. The van der Waals surface area contributed by atoms with Crippen molar-refractivity contribution in [3.63, 3.8) is 0 Å². The highest BCUT2D eigenvalue weighted by Crippen LogP contribution is 1.99. The third-order valence-corrected chi connectivity index (χ3v) is 1.35. The van der Waals surface area contributed by atoms with Gasteiger partial charge in [0.1, 0.15) is 6.61 Å². The average Bonchev–Trinajstić information content (AvgIpc) is 1.97. The van der Waals surface area contributed by atoms with Crippen molar-refractivity contribution in [1.82, 2.24) is 4.90 Å². The molecule has 0 aliphatic carbocycles. The van der Waals surface area contributed by atoms with Crippen molar-refractivity contribution < 1.29 is 9.53 Å². The van der Waals surface area contributed by atoms with Crippen LogP contribution in [0.25, 0.3) is 0 Å². The number of ether oxygens (including phenoxy) is 1. The predicted octanol–water partition coefficient (Wildman–Crippen LogP) is 0.812. The highest BCUT2D eigenvalue weighted by Gasteiger charge is 2.15. The second-order valence-electron chi connectivity index (χ2n) is 3.56. The lowest BCUT2D eigenvalue weighted by Crippen LogP contribution is -2.40. The second-order valence-corrected chi connectivity index (χ2v) is 3.56. The molecule has 1 amide bonds. The highest BCUT2D eigenvalue weighted by atomic mass is 16.6. The maximum absolute atomic E-state index is 11.1. The standard InChI is InChI=1S/C8H18N2O2/c1-5-10(4)7(11)12-6-8(2,3)9/h5-6,9H2,1-4H3. The molecule has 0 saturated heterocycles. The number of hydrogen-bond acceptors (Lipinski definition) is 3. The molecule has 12 heavy (non-hydrogen) atoms. The lowest BCUT2D eigenvalue weighted by molar-refractivity contribution is 0.0950. The summed E-state index contributed by atoms with van der Waals surface area (Å²) in [5.41, 5.74) is 5.18. The Bertz CT molecular complexity index is 152. The largest absolute Gasteiger partial charge is 0.447 e. The molecule has 0 aromatic rings. The monoisotopic (exact) mass is 174 g/mol. The predicted molar refractivity (Wildman–Crippen MR) is 47.9 cm³/mol. The van der Waals surface area contributed by atoms with Crippen molar-refractivity contribution in [2.75, 3.05) is 20.2 Å². The van der Waals surface area contributed by atoms with E-state index in [1.165, 1.54) is 4.90 Å². The van der Waals surface area contributed by atoms with Gasteiger partial charge in [0.25, 0.3) is 0 Å². The summed E-state index contributed by atoms with van der Waals surface area (Å²) in [7, 11) is 1.69. The number of nitrogens with two attached hydrogens (primary N) is 1. The minimum atomic E-state index is -0.454. The van der Waals surface area contributed by atoms with Crippen LogP contribution < -0.4 is 5.73 Å². The van der Waals surface area contributed by atoms with Crippen molar-refractivity contribution in [3.05, 3.63) is 0 Å². The zero-order valence-electron chi connectivity index (χ0n) is 8.26. The summed E-state index contributed by atoms with van der Waals surface area (Å²) in [4.78, 5) is 12.6. The summed E-state index contributed by atoms with van der Waals surface area (Å²) in [6.07, 6.45) is -0.323. The number of rotatable bonds is 3. The lowest BCUT2D eigenvalue weighted by atomic mass is 10.1. The van der Waals surface area contributed by atoms with Gasteiger partial charge in [-0.15, -0.1) is 0 Å². The van der Waals surface area contributed by atoms with E-state index in [1.807, 2.05) is 20.8 Å². The van der Waals surface area contributed by atoms with Crippen LogP contribution in [0.15, 0.2) is 0 Å². The SMILES string of the molecule is CCN(C)C(=O)OCC(C)(C)N. The van der Waals surface area contributed by atoms with Crippen molar-refractivity contribution in [1.29, 1.82) is 0 Å². The molecular weight excluding hydrogens is 156 g/mol. The molecule has 2 N–H and O–H groups in total. The van der Waals surface area contributed by atoms with Crippen LogP contribution in [0, 0.1) is 0 Å². The molecule has 0 rings (SSSR count). The van der Waals surface area contributed by atoms with E-state index in [9.17, 15) is 4.79 Å². The lowest BCUT2D eigenvalue weighted by Gasteiger charge is -2.21. The van der Waals surface area contributed by atoms with Gasteiger partial charge in [-0.1, -0.05) is 0 Å². The maximum Gasteiger partial charge on any atom is 0.409 e. The van der Waals surface area contributed by atoms with Crippen molar-refractivity contribution in [2.24, 2.45) is 5.73 Å². The van der Waals surface area contributed by atoms with Crippen LogP contribution >= 0.6 is 0 Å².